The zero-order valence-corrected chi connectivity index (χ0v) is 15.9. The fraction of sp³-hybridized carbons (Fsp3) is 0.391. The van der Waals surface area contributed by atoms with Gasteiger partial charge in [0.2, 0.25) is 5.91 Å². The second-order valence-corrected chi connectivity index (χ2v) is 7.60. The normalized spacial score (nSPS) is 15.1. The summed E-state index contributed by atoms with van der Waals surface area (Å²) in [4.78, 5) is 17.1. The van der Waals surface area contributed by atoms with Gasteiger partial charge in [-0.2, -0.15) is 0 Å². The van der Waals surface area contributed by atoms with Crippen LogP contribution in [0.2, 0.25) is 0 Å². The van der Waals surface area contributed by atoms with Gasteiger partial charge in [-0.25, -0.2) is 4.98 Å². The maximum absolute atomic E-state index is 12.4. The first-order valence-electron chi connectivity index (χ1n) is 10.0. The number of para-hydroxylation sites is 2. The van der Waals surface area contributed by atoms with E-state index in [1.54, 1.807) is 0 Å². The number of aryl methyl sites for hydroxylation is 3. The minimum Gasteiger partial charge on any atom is -0.331 e. The van der Waals surface area contributed by atoms with E-state index in [9.17, 15) is 4.79 Å². The van der Waals surface area contributed by atoms with Crippen LogP contribution in [-0.2, 0) is 24.7 Å². The van der Waals surface area contributed by atoms with E-state index in [0.717, 1.165) is 42.7 Å². The minimum absolute atomic E-state index is 0.183. The molecule has 27 heavy (non-hydrogen) atoms. The molecule has 3 aromatic rings. The van der Waals surface area contributed by atoms with Crippen LogP contribution in [0.3, 0.4) is 0 Å². The summed E-state index contributed by atoms with van der Waals surface area (Å²) in [5, 5.41) is 3.08. The Labute approximate surface area is 160 Å². The van der Waals surface area contributed by atoms with Gasteiger partial charge in [0.05, 0.1) is 11.0 Å². The fourth-order valence-electron chi connectivity index (χ4n) is 4.04. The summed E-state index contributed by atoms with van der Waals surface area (Å²) in [6.45, 7) is 0. The first-order chi connectivity index (χ1) is 13.2. The molecule has 1 heterocycles. The van der Waals surface area contributed by atoms with E-state index < -0.39 is 0 Å². The SMILES string of the molecule is Cn1c(CCc2ccc(NC(=O)C3CCCCC3)cc2)nc2ccccc21. The van der Waals surface area contributed by atoms with Crippen molar-refractivity contribution in [1.29, 1.82) is 0 Å². The number of rotatable bonds is 5. The Kier molecular flexibility index (Phi) is 5.23. The van der Waals surface area contributed by atoms with E-state index in [-0.39, 0.29) is 11.8 Å². The van der Waals surface area contributed by atoms with E-state index in [1.807, 2.05) is 24.3 Å². The first-order valence-corrected chi connectivity index (χ1v) is 10.0. The maximum Gasteiger partial charge on any atom is 0.227 e. The second kappa shape index (κ2) is 7.95. The Bertz CT molecular complexity index is 920. The van der Waals surface area contributed by atoms with Crippen molar-refractivity contribution in [3.05, 3.63) is 59.9 Å². The number of fused-ring (bicyclic) bond motifs is 1. The van der Waals surface area contributed by atoms with Crippen LogP contribution < -0.4 is 5.32 Å². The molecule has 1 saturated carbocycles. The molecule has 4 rings (SSSR count). The minimum atomic E-state index is 0.183. The number of nitrogens with zero attached hydrogens (tertiary/aromatic N) is 2. The Morgan fingerprint density at radius 1 is 1.04 bits per heavy atom. The van der Waals surface area contributed by atoms with E-state index in [0.29, 0.717) is 0 Å². The average Bonchev–Trinajstić information content (AvgIpc) is 3.04. The highest BCUT2D eigenvalue weighted by atomic mass is 16.1. The number of carbonyl (C=O) groups excluding carboxylic acids is 1. The van der Waals surface area contributed by atoms with Gasteiger partial charge in [0.15, 0.2) is 0 Å². The molecule has 4 heteroatoms. The molecule has 4 nitrogen and oxygen atoms in total. The summed E-state index contributed by atoms with van der Waals surface area (Å²) >= 11 is 0. The van der Waals surface area contributed by atoms with Crippen molar-refractivity contribution in [1.82, 2.24) is 9.55 Å². The highest BCUT2D eigenvalue weighted by molar-refractivity contribution is 5.92. The zero-order chi connectivity index (χ0) is 18.6. The molecule has 0 saturated heterocycles. The number of benzene rings is 2. The summed E-state index contributed by atoms with van der Waals surface area (Å²) in [7, 11) is 2.08. The third-order valence-corrected chi connectivity index (χ3v) is 5.71. The number of hydrogen-bond acceptors (Lipinski definition) is 2. The number of hydrogen-bond donors (Lipinski definition) is 1. The van der Waals surface area contributed by atoms with Gasteiger partial charge in [-0.15, -0.1) is 0 Å². The van der Waals surface area contributed by atoms with Gasteiger partial charge in [0.1, 0.15) is 5.82 Å². The standard InChI is InChI=1S/C23H27N3O/c1-26-21-10-6-5-9-20(21)25-22(26)16-13-17-11-14-19(15-12-17)24-23(27)18-7-3-2-4-8-18/h5-6,9-12,14-15,18H,2-4,7-8,13,16H2,1H3,(H,24,27). The highest BCUT2D eigenvalue weighted by Gasteiger charge is 2.20. The summed E-state index contributed by atoms with van der Waals surface area (Å²) in [5.41, 5.74) is 4.39. The smallest absolute Gasteiger partial charge is 0.227 e. The van der Waals surface area contributed by atoms with Crippen molar-refractivity contribution in [2.75, 3.05) is 5.32 Å². The van der Waals surface area contributed by atoms with Gasteiger partial charge in [0, 0.05) is 25.1 Å². The van der Waals surface area contributed by atoms with Gasteiger partial charge >= 0.3 is 0 Å². The predicted octanol–water partition coefficient (Wildman–Crippen LogP) is 4.88. The maximum atomic E-state index is 12.4. The molecule has 1 aliphatic carbocycles. The van der Waals surface area contributed by atoms with E-state index in [1.165, 1.54) is 30.3 Å². The molecule has 1 aromatic heterocycles. The summed E-state index contributed by atoms with van der Waals surface area (Å²) in [6.07, 6.45) is 7.53. The molecular weight excluding hydrogens is 334 g/mol. The van der Waals surface area contributed by atoms with Crippen LogP contribution in [0, 0.1) is 5.92 Å². The van der Waals surface area contributed by atoms with E-state index in [4.69, 9.17) is 4.98 Å². The molecule has 1 N–H and O–H groups in total. The Morgan fingerprint density at radius 3 is 2.52 bits per heavy atom. The lowest BCUT2D eigenvalue weighted by atomic mass is 9.88. The second-order valence-electron chi connectivity index (χ2n) is 7.60. The molecule has 0 radical (unpaired) electrons. The number of nitrogens with one attached hydrogen (secondary N) is 1. The Balaban J connectivity index is 1.36. The van der Waals surface area contributed by atoms with Crippen LogP contribution in [0.1, 0.15) is 43.5 Å². The van der Waals surface area contributed by atoms with Crippen LogP contribution in [-0.4, -0.2) is 15.5 Å². The van der Waals surface area contributed by atoms with Crippen LogP contribution in [0.4, 0.5) is 5.69 Å². The number of amides is 1. The van der Waals surface area contributed by atoms with E-state index >= 15 is 0 Å². The summed E-state index contributed by atoms with van der Waals surface area (Å²) in [5.74, 6) is 1.48. The molecule has 2 aromatic carbocycles. The van der Waals surface area contributed by atoms with Crippen LogP contribution in [0.15, 0.2) is 48.5 Å². The van der Waals surface area contributed by atoms with Crippen LogP contribution in [0.5, 0.6) is 0 Å². The number of anilines is 1. The quantitative estimate of drug-likeness (QED) is 0.704. The van der Waals surface area contributed by atoms with Crippen molar-refractivity contribution in [2.45, 2.75) is 44.9 Å². The highest BCUT2D eigenvalue weighted by Crippen LogP contribution is 2.25. The largest absolute Gasteiger partial charge is 0.331 e. The molecule has 1 aliphatic rings. The van der Waals surface area contributed by atoms with Gasteiger partial charge in [-0.1, -0.05) is 43.5 Å². The van der Waals surface area contributed by atoms with Crippen molar-refractivity contribution in [3.8, 4) is 0 Å². The van der Waals surface area contributed by atoms with Gasteiger partial charge in [-0.3, -0.25) is 4.79 Å². The molecule has 0 spiro atoms. The van der Waals surface area contributed by atoms with Crippen molar-refractivity contribution in [2.24, 2.45) is 13.0 Å². The topological polar surface area (TPSA) is 46.9 Å². The number of carbonyl (C=O) groups is 1. The molecule has 0 atom stereocenters. The lowest BCUT2D eigenvalue weighted by Gasteiger charge is -2.20. The lowest BCUT2D eigenvalue weighted by molar-refractivity contribution is -0.120. The van der Waals surface area contributed by atoms with Crippen LogP contribution >= 0.6 is 0 Å². The average molecular weight is 361 g/mol. The monoisotopic (exact) mass is 361 g/mol. The van der Waals surface area contributed by atoms with Crippen molar-refractivity contribution >= 4 is 22.6 Å². The summed E-state index contributed by atoms with van der Waals surface area (Å²) < 4.78 is 2.17. The predicted molar refractivity (Wildman–Crippen MR) is 110 cm³/mol. The van der Waals surface area contributed by atoms with E-state index in [2.05, 4.69) is 41.2 Å². The third-order valence-electron chi connectivity index (χ3n) is 5.71. The molecule has 1 fully saturated rings. The van der Waals surface area contributed by atoms with Gasteiger partial charge in [0.25, 0.3) is 0 Å². The number of aromatic nitrogens is 2. The van der Waals surface area contributed by atoms with Crippen molar-refractivity contribution < 1.29 is 4.79 Å². The molecule has 0 bridgehead atoms. The third kappa shape index (κ3) is 4.05. The van der Waals surface area contributed by atoms with Crippen molar-refractivity contribution in [3.63, 3.8) is 0 Å². The van der Waals surface area contributed by atoms with Gasteiger partial charge < -0.3 is 9.88 Å². The Hall–Kier alpha value is -2.62. The summed E-state index contributed by atoms with van der Waals surface area (Å²) in [6, 6.07) is 16.5. The zero-order valence-electron chi connectivity index (χ0n) is 15.9. The first kappa shape index (κ1) is 17.8. The van der Waals surface area contributed by atoms with Crippen LogP contribution in [0.25, 0.3) is 11.0 Å². The molecule has 1 amide bonds. The lowest BCUT2D eigenvalue weighted by Crippen LogP contribution is -2.24. The number of imidazole rings is 1. The molecule has 0 unspecified atom stereocenters. The molecule has 0 aliphatic heterocycles. The Morgan fingerprint density at radius 2 is 1.78 bits per heavy atom. The molecule has 140 valence electrons. The van der Waals surface area contributed by atoms with Gasteiger partial charge in [-0.05, 0) is 49.1 Å². The fourth-order valence-corrected chi connectivity index (χ4v) is 4.04. The molecular formula is C23H27N3O.